The highest BCUT2D eigenvalue weighted by molar-refractivity contribution is 6.38. The molecule has 8 nitrogen and oxygen atoms in total. The quantitative estimate of drug-likeness (QED) is 0.529. The van der Waals surface area contributed by atoms with E-state index in [2.05, 4.69) is 21.7 Å². The van der Waals surface area contributed by atoms with Crippen LogP contribution >= 0.6 is 0 Å². The number of benzene rings is 2. The van der Waals surface area contributed by atoms with Gasteiger partial charge in [-0.2, -0.15) is 5.10 Å². The number of nitrogens with zero attached hydrogens (tertiary/aromatic N) is 2. The molecule has 31 heavy (non-hydrogen) atoms. The first-order valence-electron chi connectivity index (χ1n) is 9.75. The van der Waals surface area contributed by atoms with Crippen LogP contribution in [0.15, 0.2) is 59.7 Å². The Morgan fingerprint density at radius 2 is 1.97 bits per heavy atom. The van der Waals surface area contributed by atoms with Crippen molar-refractivity contribution in [2.75, 3.05) is 23.5 Å². The van der Waals surface area contributed by atoms with Crippen molar-refractivity contribution in [2.24, 2.45) is 5.10 Å². The summed E-state index contributed by atoms with van der Waals surface area (Å²) in [5.74, 6) is 1.09. The maximum absolute atomic E-state index is 12.8. The molecule has 0 saturated carbocycles. The maximum atomic E-state index is 12.8. The minimum Gasteiger partial charge on any atom is -0.461 e. The molecule has 1 unspecified atom stereocenters. The Balaban J connectivity index is 1.65. The summed E-state index contributed by atoms with van der Waals surface area (Å²) >= 11 is 0. The van der Waals surface area contributed by atoms with Crippen LogP contribution in [0, 0.1) is 12.3 Å². The van der Waals surface area contributed by atoms with E-state index in [0.717, 1.165) is 0 Å². The molecule has 0 aromatic heterocycles. The van der Waals surface area contributed by atoms with Crippen molar-refractivity contribution in [3.8, 4) is 12.3 Å². The summed E-state index contributed by atoms with van der Waals surface area (Å²) < 4.78 is 5.02. The van der Waals surface area contributed by atoms with Crippen LogP contribution in [0.2, 0.25) is 0 Å². The van der Waals surface area contributed by atoms with E-state index in [1.54, 1.807) is 55.5 Å². The molecule has 158 valence electrons. The van der Waals surface area contributed by atoms with Crippen LogP contribution in [0.3, 0.4) is 0 Å². The third-order valence-electron chi connectivity index (χ3n) is 4.48. The topological polar surface area (TPSA) is 100 Å². The molecule has 0 spiro atoms. The van der Waals surface area contributed by atoms with Gasteiger partial charge in [-0.25, -0.2) is 4.79 Å². The maximum Gasteiger partial charge on any atom is 0.354 e. The van der Waals surface area contributed by atoms with Gasteiger partial charge in [-0.15, -0.1) is 6.42 Å². The lowest BCUT2D eigenvalue weighted by Crippen LogP contribution is -2.45. The Bertz CT molecular complexity index is 1040. The number of anilines is 2. The van der Waals surface area contributed by atoms with Crippen LogP contribution in [-0.4, -0.2) is 42.7 Å². The molecule has 2 amide bonds. The zero-order valence-corrected chi connectivity index (χ0v) is 17.0. The van der Waals surface area contributed by atoms with Gasteiger partial charge in [-0.3, -0.25) is 14.6 Å². The Kier molecular flexibility index (Phi) is 7.01. The number of carbonyl (C=O) groups is 3. The standard InChI is InChI=1S/C23H22N4O4/c1-3-16-9-8-10-17(13-16)25-21(28)15-24-22(29)20-14-19(23(30)31-4-2)26-27(20)18-11-6-5-7-12-18/h1,5-13,20H,4,14-15H2,2H3,(H,24,29)(H,25,28). The molecule has 2 N–H and O–H groups in total. The molecule has 2 aromatic carbocycles. The molecule has 1 aliphatic heterocycles. The summed E-state index contributed by atoms with van der Waals surface area (Å²) in [6, 6.07) is 15.1. The van der Waals surface area contributed by atoms with E-state index in [-0.39, 0.29) is 25.3 Å². The molecular weight excluding hydrogens is 396 g/mol. The highest BCUT2D eigenvalue weighted by atomic mass is 16.5. The fraction of sp³-hybridized carbons (Fsp3) is 0.217. The van der Waals surface area contributed by atoms with Crippen molar-refractivity contribution in [1.29, 1.82) is 0 Å². The monoisotopic (exact) mass is 418 g/mol. The number of carbonyl (C=O) groups excluding carboxylic acids is 3. The van der Waals surface area contributed by atoms with Crippen LogP contribution in [0.5, 0.6) is 0 Å². The number of ether oxygens (including phenoxy) is 1. The van der Waals surface area contributed by atoms with E-state index < -0.39 is 23.8 Å². The highest BCUT2D eigenvalue weighted by Gasteiger charge is 2.36. The van der Waals surface area contributed by atoms with Gasteiger partial charge < -0.3 is 15.4 Å². The first-order chi connectivity index (χ1) is 15.0. The fourth-order valence-corrected chi connectivity index (χ4v) is 3.05. The first kappa shape index (κ1) is 21.6. The summed E-state index contributed by atoms with van der Waals surface area (Å²) in [6.07, 6.45) is 5.44. The van der Waals surface area contributed by atoms with Gasteiger partial charge in [-0.1, -0.05) is 30.2 Å². The summed E-state index contributed by atoms with van der Waals surface area (Å²) in [7, 11) is 0. The molecule has 0 bridgehead atoms. The number of hydrazone groups is 1. The Morgan fingerprint density at radius 3 is 2.68 bits per heavy atom. The van der Waals surface area contributed by atoms with Gasteiger partial charge in [0, 0.05) is 17.7 Å². The van der Waals surface area contributed by atoms with Crippen molar-refractivity contribution in [3.63, 3.8) is 0 Å². The zero-order chi connectivity index (χ0) is 22.2. The Labute approximate surface area is 180 Å². The van der Waals surface area contributed by atoms with Crippen molar-refractivity contribution in [3.05, 3.63) is 60.2 Å². The number of esters is 1. The van der Waals surface area contributed by atoms with Crippen LogP contribution in [-0.2, 0) is 19.1 Å². The molecule has 1 heterocycles. The third-order valence-corrected chi connectivity index (χ3v) is 4.48. The van der Waals surface area contributed by atoms with Gasteiger partial charge in [0.15, 0.2) is 0 Å². The minimum absolute atomic E-state index is 0.0748. The smallest absolute Gasteiger partial charge is 0.354 e. The van der Waals surface area contributed by atoms with E-state index in [9.17, 15) is 14.4 Å². The number of terminal acetylenes is 1. The lowest BCUT2D eigenvalue weighted by Gasteiger charge is -2.22. The van der Waals surface area contributed by atoms with E-state index in [0.29, 0.717) is 16.9 Å². The number of amides is 2. The Hall–Kier alpha value is -4.12. The zero-order valence-electron chi connectivity index (χ0n) is 17.0. The predicted octanol–water partition coefficient (Wildman–Crippen LogP) is 1.92. The van der Waals surface area contributed by atoms with Gasteiger partial charge in [0.25, 0.3) is 0 Å². The lowest BCUT2D eigenvalue weighted by molar-refractivity contribution is -0.135. The van der Waals surface area contributed by atoms with Crippen LogP contribution in [0.4, 0.5) is 11.4 Å². The van der Waals surface area contributed by atoms with Crippen molar-refractivity contribution >= 4 is 34.9 Å². The fourth-order valence-electron chi connectivity index (χ4n) is 3.05. The normalized spacial score (nSPS) is 14.9. The van der Waals surface area contributed by atoms with Crippen LogP contribution < -0.4 is 15.6 Å². The van der Waals surface area contributed by atoms with E-state index in [1.165, 1.54) is 5.01 Å². The molecular formula is C23H22N4O4. The number of hydrogen-bond acceptors (Lipinski definition) is 6. The number of nitrogens with one attached hydrogen (secondary N) is 2. The largest absolute Gasteiger partial charge is 0.461 e. The van der Waals surface area contributed by atoms with Gasteiger partial charge in [-0.05, 0) is 37.3 Å². The van der Waals surface area contributed by atoms with Gasteiger partial charge in [0.1, 0.15) is 11.8 Å². The van der Waals surface area contributed by atoms with Crippen molar-refractivity contribution in [1.82, 2.24) is 5.32 Å². The molecule has 0 radical (unpaired) electrons. The van der Waals surface area contributed by atoms with Crippen LogP contribution in [0.1, 0.15) is 18.9 Å². The van der Waals surface area contributed by atoms with Gasteiger partial charge in [0.05, 0.1) is 18.8 Å². The molecule has 8 heteroatoms. The molecule has 2 aromatic rings. The second kappa shape index (κ2) is 10.1. The predicted molar refractivity (Wildman–Crippen MR) is 117 cm³/mol. The second-order valence-electron chi connectivity index (χ2n) is 6.66. The number of hydrogen-bond donors (Lipinski definition) is 2. The highest BCUT2D eigenvalue weighted by Crippen LogP contribution is 2.25. The minimum atomic E-state index is -0.778. The average Bonchev–Trinajstić information content (AvgIpc) is 3.24. The van der Waals surface area contributed by atoms with E-state index in [1.807, 2.05) is 6.07 Å². The van der Waals surface area contributed by atoms with Crippen molar-refractivity contribution in [2.45, 2.75) is 19.4 Å². The van der Waals surface area contributed by atoms with Gasteiger partial charge >= 0.3 is 5.97 Å². The SMILES string of the molecule is C#Cc1cccc(NC(=O)CNC(=O)C2CC(C(=O)OCC)=NN2c2ccccc2)c1. The van der Waals surface area contributed by atoms with E-state index in [4.69, 9.17) is 11.2 Å². The van der Waals surface area contributed by atoms with E-state index >= 15 is 0 Å². The molecule has 1 aliphatic rings. The van der Waals surface area contributed by atoms with Gasteiger partial charge in [0.2, 0.25) is 11.8 Å². The summed E-state index contributed by atoms with van der Waals surface area (Å²) in [5, 5.41) is 11.0. The molecule has 0 fully saturated rings. The molecule has 1 atom stereocenters. The summed E-state index contributed by atoms with van der Waals surface area (Å²) in [6.45, 7) is 1.67. The summed E-state index contributed by atoms with van der Waals surface area (Å²) in [4.78, 5) is 37.2. The van der Waals surface area contributed by atoms with Crippen molar-refractivity contribution < 1.29 is 19.1 Å². The average molecular weight is 418 g/mol. The second-order valence-corrected chi connectivity index (χ2v) is 6.66. The van der Waals surface area contributed by atoms with Crippen LogP contribution in [0.25, 0.3) is 0 Å². The molecule has 3 rings (SSSR count). The number of para-hydroxylation sites is 1. The summed E-state index contributed by atoms with van der Waals surface area (Å²) in [5.41, 5.74) is 1.98. The Morgan fingerprint density at radius 1 is 1.19 bits per heavy atom. The molecule has 0 saturated heterocycles. The lowest BCUT2D eigenvalue weighted by atomic mass is 10.1. The number of rotatable bonds is 7. The third kappa shape index (κ3) is 5.48. The molecule has 0 aliphatic carbocycles. The first-order valence-corrected chi connectivity index (χ1v) is 9.75.